The highest BCUT2D eigenvalue weighted by Gasteiger charge is 2.15. The molecule has 130 valence electrons. The molecule has 1 saturated heterocycles. The topological polar surface area (TPSA) is 68.1 Å². The zero-order valence-corrected chi connectivity index (χ0v) is 14.6. The van der Waals surface area contributed by atoms with Gasteiger partial charge in [0, 0.05) is 49.8 Å². The van der Waals surface area contributed by atoms with E-state index in [1.807, 2.05) is 23.3 Å². The molecule has 1 aliphatic heterocycles. The summed E-state index contributed by atoms with van der Waals surface area (Å²) in [7, 11) is 0. The number of rotatable bonds is 6. The van der Waals surface area contributed by atoms with Crippen LogP contribution in [-0.2, 0) is 11.3 Å². The average Bonchev–Trinajstić information content (AvgIpc) is 3.06. The number of morpholine rings is 1. The number of anilines is 1. The quantitative estimate of drug-likeness (QED) is 0.867. The number of ether oxygens (including phenoxy) is 1. The van der Waals surface area contributed by atoms with Crippen LogP contribution in [0.2, 0.25) is 0 Å². The Hall–Kier alpha value is -1.99. The molecule has 0 bridgehead atoms. The van der Waals surface area contributed by atoms with Crippen molar-refractivity contribution in [2.75, 3.05) is 31.2 Å². The third-order valence-corrected chi connectivity index (χ3v) is 4.49. The lowest BCUT2D eigenvalue weighted by Crippen LogP contribution is -2.37. The summed E-state index contributed by atoms with van der Waals surface area (Å²) in [5.74, 6) is 0.787. The SMILES string of the molecule is Cc1cnn([C@H](C)[C@H](C)NCc2cnc(N3CCOCC3)nc2)c1. The minimum atomic E-state index is 0.284. The number of hydrogen-bond acceptors (Lipinski definition) is 6. The van der Waals surface area contributed by atoms with Crippen LogP contribution in [0.3, 0.4) is 0 Å². The summed E-state index contributed by atoms with van der Waals surface area (Å²) in [6.45, 7) is 10.3. The molecule has 1 fully saturated rings. The van der Waals surface area contributed by atoms with Crippen LogP contribution >= 0.6 is 0 Å². The van der Waals surface area contributed by atoms with E-state index in [0.29, 0.717) is 6.04 Å². The molecule has 2 aromatic rings. The van der Waals surface area contributed by atoms with Gasteiger partial charge in [-0.25, -0.2) is 9.97 Å². The van der Waals surface area contributed by atoms with Crippen molar-refractivity contribution in [3.05, 3.63) is 35.9 Å². The van der Waals surface area contributed by atoms with Crippen molar-refractivity contribution in [2.24, 2.45) is 0 Å². The smallest absolute Gasteiger partial charge is 0.225 e. The van der Waals surface area contributed by atoms with E-state index in [9.17, 15) is 0 Å². The lowest BCUT2D eigenvalue weighted by molar-refractivity contribution is 0.122. The Balaban J connectivity index is 1.52. The monoisotopic (exact) mass is 330 g/mol. The first kappa shape index (κ1) is 16.9. The van der Waals surface area contributed by atoms with E-state index in [2.05, 4.69) is 52.3 Å². The molecular weight excluding hydrogens is 304 g/mol. The van der Waals surface area contributed by atoms with E-state index in [-0.39, 0.29) is 6.04 Å². The third-order valence-electron chi connectivity index (χ3n) is 4.49. The number of nitrogens with zero attached hydrogens (tertiary/aromatic N) is 5. The molecule has 0 aromatic carbocycles. The Bertz CT molecular complexity index is 635. The Kier molecular flexibility index (Phi) is 5.42. The molecule has 0 radical (unpaired) electrons. The van der Waals surface area contributed by atoms with Crippen LogP contribution in [0.5, 0.6) is 0 Å². The van der Waals surface area contributed by atoms with Gasteiger partial charge in [0.2, 0.25) is 5.95 Å². The Morgan fingerprint density at radius 2 is 1.88 bits per heavy atom. The average molecular weight is 330 g/mol. The normalized spacial score (nSPS) is 17.7. The van der Waals surface area contributed by atoms with Crippen LogP contribution in [0.25, 0.3) is 0 Å². The van der Waals surface area contributed by atoms with Gasteiger partial charge in [0.25, 0.3) is 0 Å². The van der Waals surface area contributed by atoms with E-state index in [0.717, 1.165) is 44.4 Å². The van der Waals surface area contributed by atoms with Crippen molar-refractivity contribution in [3.63, 3.8) is 0 Å². The largest absolute Gasteiger partial charge is 0.378 e. The van der Waals surface area contributed by atoms with E-state index in [1.165, 1.54) is 5.56 Å². The van der Waals surface area contributed by atoms with Gasteiger partial charge in [0.05, 0.1) is 25.5 Å². The Morgan fingerprint density at radius 1 is 1.17 bits per heavy atom. The molecule has 0 saturated carbocycles. The molecule has 1 aliphatic rings. The molecule has 1 N–H and O–H groups in total. The van der Waals surface area contributed by atoms with Crippen molar-refractivity contribution < 1.29 is 4.74 Å². The molecule has 0 unspecified atom stereocenters. The Labute approximate surface area is 143 Å². The second kappa shape index (κ2) is 7.72. The molecule has 0 amide bonds. The zero-order valence-electron chi connectivity index (χ0n) is 14.6. The molecule has 3 rings (SSSR count). The predicted molar refractivity (Wildman–Crippen MR) is 93.0 cm³/mol. The van der Waals surface area contributed by atoms with Crippen LogP contribution in [0.1, 0.15) is 31.0 Å². The van der Waals surface area contributed by atoms with Crippen LogP contribution in [0.15, 0.2) is 24.8 Å². The van der Waals surface area contributed by atoms with Gasteiger partial charge >= 0.3 is 0 Å². The molecule has 24 heavy (non-hydrogen) atoms. The zero-order chi connectivity index (χ0) is 16.9. The highest BCUT2D eigenvalue weighted by atomic mass is 16.5. The minimum Gasteiger partial charge on any atom is -0.378 e. The summed E-state index contributed by atoms with van der Waals surface area (Å²) >= 11 is 0. The van der Waals surface area contributed by atoms with Crippen LogP contribution in [0.4, 0.5) is 5.95 Å². The predicted octanol–water partition coefficient (Wildman–Crippen LogP) is 1.56. The number of aromatic nitrogens is 4. The first-order valence-corrected chi connectivity index (χ1v) is 8.51. The molecule has 0 aliphatic carbocycles. The highest BCUT2D eigenvalue weighted by Crippen LogP contribution is 2.12. The van der Waals surface area contributed by atoms with Crippen molar-refractivity contribution in [1.29, 1.82) is 0 Å². The van der Waals surface area contributed by atoms with E-state index < -0.39 is 0 Å². The molecule has 0 spiro atoms. The summed E-state index contributed by atoms with van der Waals surface area (Å²) in [5.41, 5.74) is 2.27. The van der Waals surface area contributed by atoms with Gasteiger partial charge in [0.15, 0.2) is 0 Å². The van der Waals surface area contributed by atoms with Gasteiger partial charge < -0.3 is 15.0 Å². The van der Waals surface area contributed by atoms with Crippen molar-refractivity contribution in [1.82, 2.24) is 25.1 Å². The maximum Gasteiger partial charge on any atom is 0.225 e. The first-order valence-electron chi connectivity index (χ1n) is 8.51. The molecular formula is C17H26N6O. The summed E-state index contributed by atoms with van der Waals surface area (Å²) in [6.07, 6.45) is 7.77. The summed E-state index contributed by atoms with van der Waals surface area (Å²) in [6, 6.07) is 0.579. The maximum atomic E-state index is 5.36. The van der Waals surface area contributed by atoms with Gasteiger partial charge in [-0.3, -0.25) is 4.68 Å². The van der Waals surface area contributed by atoms with Crippen molar-refractivity contribution in [2.45, 2.75) is 39.4 Å². The number of aryl methyl sites for hydroxylation is 1. The van der Waals surface area contributed by atoms with E-state index in [4.69, 9.17) is 4.74 Å². The molecule has 7 nitrogen and oxygen atoms in total. The second-order valence-electron chi connectivity index (χ2n) is 6.40. The minimum absolute atomic E-state index is 0.284. The lowest BCUT2D eigenvalue weighted by atomic mass is 10.1. The number of nitrogens with one attached hydrogen (secondary N) is 1. The lowest BCUT2D eigenvalue weighted by Gasteiger charge is -2.26. The Morgan fingerprint density at radius 3 is 2.50 bits per heavy atom. The van der Waals surface area contributed by atoms with Crippen molar-refractivity contribution >= 4 is 5.95 Å². The fraction of sp³-hybridized carbons (Fsp3) is 0.588. The fourth-order valence-electron chi connectivity index (χ4n) is 2.70. The van der Waals surface area contributed by atoms with Crippen LogP contribution < -0.4 is 10.2 Å². The molecule has 2 aromatic heterocycles. The van der Waals surface area contributed by atoms with Crippen LogP contribution in [-0.4, -0.2) is 52.1 Å². The van der Waals surface area contributed by atoms with Crippen LogP contribution in [0, 0.1) is 6.92 Å². The standard InChI is InChI=1S/C17H26N6O/c1-13-8-21-23(12-13)15(3)14(2)18-9-16-10-19-17(20-11-16)22-4-6-24-7-5-22/h8,10-12,14-15,18H,4-7,9H2,1-3H3/t14-,15+/m0/s1. The molecule has 2 atom stereocenters. The third kappa shape index (κ3) is 4.10. The van der Waals surface area contributed by atoms with Gasteiger partial charge in [0.1, 0.15) is 0 Å². The van der Waals surface area contributed by atoms with Gasteiger partial charge in [-0.05, 0) is 26.3 Å². The maximum absolute atomic E-state index is 5.36. The number of hydrogen-bond donors (Lipinski definition) is 1. The first-order chi connectivity index (χ1) is 11.6. The van der Waals surface area contributed by atoms with Gasteiger partial charge in [-0.15, -0.1) is 0 Å². The molecule has 3 heterocycles. The summed E-state index contributed by atoms with van der Waals surface area (Å²) in [4.78, 5) is 11.1. The van der Waals surface area contributed by atoms with E-state index >= 15 is 0 Å². The van der Waals surface area contributed by atoms with E-state index in [1.54, 1.807) is 0 Å². The molecule has 7 heteroatoms. The van der Waals surface area contributed by atoms with Gasteiger partial charge in [-0.1, -0.05) is 0 Å². The van der Waals surface area contributed by atoms with Crippen molar-refractivity contribution in [3.8, 4) is 0 Å². The summed E-state index contributed by atoms with van der Waals surface area (Å²) in [5, 5.41) is 7.92. The van der Waals surface area contributed by atoms with Gasteiger partial charge in [-0.2, -0.15) is 5.10 Å². The highest BCUT2D eigenvalue weighted by molar-refractivity contribution is 5.30. The fourth-order valence-corrected chi connectivity index (χ4v) is 2.70. The summed E-state index contributed by atoms with van der Waals surface area (Å²) < 4.78 is 7.36. The second-order valence-corrected chi connectivity index (χ2v) is 6.40.